The van der Waals surface area contributed by atoms with Gasteiger partial charge in [-0.05, 0) is 25.7 Å². The molecule has 0 bridgehead atoms. The minimum Gasteiger partial charge on any atom is -0.311 e. The van der Waals surface area contributed by atoms with Crippen molar-refractivity contribution in [1.29, 1.82) is 0 Å². The van der Waals surface area contributed by atoms with Gasteiger partial charge in [-0.25, -0.2) is 0 Å². The Morgan fingerprint density at radius 3 is 1.78 bits per heavy atom. The van der Waals surface area contributed by atoms with E-state index in [9.17, 15) is 0 Å². The molecular formula is C8H17N. The lowest BCUT2D eigenvalue weighted by molar-refractivity contribution is 0.517. The maximum Gasteiger partial charge on any atom is 0.00676 e. The maximum absolute atomic E-state index is 3.59. The SMILES string of the molecule is CC[C@@H]1CC[C@@H](CC)N1. The van der Waals surface area contributed by atoms with Gasteiger partial charge in [0, 0.05) is 12.1 Å². The van der Waals surface area contributed by atoms with Crippen molar-refractivity contribution in [3.63, 3.8) is 0 Å². The lowest BCUT2D eigenvalue weighted by Crippen LogP contribution is -2.27. The van der Waals surface area contributed by atoms with Gasteiger partial charge in [0.05, 0.1) is 0 Å². The molecule has 1 nitrogen and oxygen atoms in total. The van der Waals surface area contributed by atoms with Crippen LogP contribution in [0.3, 0.4) is 0 Å². The summed E-state index contributed by atoms with van der Waals surface area (Å²) in [5.74, 6) is 0. The Hall–Kier alpha value is -0.0400. The van der Waals surface area contributed by atoms with Crippen molar-refractivity contribution in [3.05, 3.63) is 0 Å². The van der Waals surface area contributed by atoms with Gasteiger partial charge in [0.1, 0.15) is 0 Å². The van der Waals surface area contributed by atoms with Gasteiger partial charge in [-0.15, -0.1) is 0 Å². The summed E-state index contributed by atoms with van der Waals surface area (Å²) in [6.07, 6.45) is 5.40. The highest BCUT2D eigenvalue weighted by Gasteiger charge is 2.19. The van der Waals surface area contributed by atoms with Crippen LogP contribution >= 0.6 is 0 Å². The van der Waals surface area contributed by atoms with E-state index < -0.39 is 0 Å². The van der Waals surface area contributed by atoms with Crippen molar-refractivity contribution < 1.29 is 0 Å². The van der Waals surface area contributed by atoms with Crippen LogP contribution in [-0.4, -0.2) is 12.1 Å². The molecule has 1 N–H and O–H groups in total. The highest BCUT2D eigenvalue weighted by Crippen LogP contribution is 2.16. The van der Waals surface area contributed by atoms with Gasteiger partial charge < -0.3 is 5.32 Å². The summed E-state index contributed by atoms with van der Waals surface area (Å²) in [5.41, 5.74) is 0. The molecule has 0 spiro atoms. The summed E-state index contributed by atoms with van der Waals surface area (Å²) >= 11 is 0. The second kappa shape index (κ2) is 3.21. The van der Waals surface area contributed by atoms with E-state index in [2.05, 4.69) is 19.2 Å². The van der Waals surface area contributed by atoms with Gasteiger partial charge in [-0.1, -0.05) is 13.8 Å². The van der Waals surface area contributed by atoms with E-state index in [0.717, 1.165) is 12.1 Å². The number of hydrogen-bond acceptors (Lipinski definition) is 1. The lowest BCUT2D eigenvalue weighted by Gasteiger charge is -2.09. The normalized spacial score (nSPS) is 35.3. The highest BCUT2D eigenvalue weighted by atomic mass is 15.0. The standard InChI is InChI=1S/C8H17N/c1-3-7-5-6-8(4-2)9-7/h7-9H,3-6H2,1-2H3/t7-,8-/m1/s1. The molecule has 1 rings (SSSR count). The van der Waals surface area contributed by atoms with Crippen molar-refractivity contribution >= 4 is 0 Å². The molecule has 0 saturated carbocycles. The van der Waals surface area contributed by atoms with Gasteiger partial charge in [0.2, 0.25) is 0 Å². The Kier molecular flexibility index (Phi) is 2.52. The van der Waals surface area contributed by atoms with Crippen LogP contribution < -0.4 is 5.32 Å². The van der Waals surface area contributed by atoms with E-state index in [4.69, 9.17) is 0 Å². The Bertz CT molecular complexity index is 70.6. The molecule has 1 fully saturated rings. The molecular weight excluding hydrogens is 110 g/mol. The van der Waals surface area contributed by atoms with Crippen molar-refractivity contribution in [3.8, 4) is 0 Å². The Morgan fingerprint density at radius 1 is 1.11 bits per heavy atom. The second-order valence-corrected chi connectivity index (χ2v) is 2.95. The third-order valence-electron chi connectivity index (χ3n) is 2.32. The second-order valence-electron chi connectivity index (χ2n) is 2.95. The fraction of sp³-hybridized carbons (Fsp3) is 1.00. The monoisotopic (exact) mass is 127 g/mol. The summed E-state index contributed by atoms with van der Waals surface area (Å²) in [6.45, 7) is 4.52. The third-order valence-corrected chi connectivity index (χ3v) is 2.32. The van der Waals surface area contributed by atoms with E-state index in [-0.39, 0.29) is 0 Å². The average Bonchev–Trinajstić information content (AvgIpc) is 2.34. The van der Waals surface area contributed by atoms with Gasteiger partial charge in [0.25, 0.3) is 0 Å². The molecule has 0 aliphatic carbocycles. The first kappa shape index (κ1) is 7.07. The zero-order valence-corrected chi connectivity index (χ0v) is 6.48. The quantitative estimate of drug-likeness (QED) is 0.597. The predicted octanol–water partition coefficient (Wildman–Crippen LogP) is 1.93. The zero-order chi connectivity index (χ0) is 6.69. The highest BCUT2D eigenvalue weighted by molar-refractivity contribution is 4.80. The lowest BCUT2D eigenvalue weighted by atomic mass is 10.1. The van der Waals surface area contributed by atoms with Gasteiger partial charge >= 0.3 is 0 Å². The molecule has 1 aliphatic heterocycles. The van der Waals surface area contributed by atoms with Crippen LogP contribution in [0.1, 0.15) is 39.5 Å². The summed E-state index contributed by atoms with van der Waals surface area (Å²) < 4.78 is 0. The summed E-state index contributed by atoms with van der Waals surface area (Å²) in [6, 6.07) is 1.66. The number of rotatable bonds is 2. The molecule has 0 unspecified atom stereocenters. The molecule has 54 valence electrons. The Balaban J connectivity index is 2.20. The maximum atomic E-state index is 3.59. The van der Waals surface area contributed by atoms with E-state index in [1.807, 2.05) is 0 Å². The van der Waals surface area contributed by atoms with Crippen LogP contribution in [0.4, 0.5) is 0 Å². The molecule has 0 aromatic carbocycles. The predicted molar refractivity (Wildman–Crippen MR) is 40.5 cm³/mol. The summed E-state index contributed by atoms with van der Waals surface area (Å²) in [7, 11) is 0. The molecule has 1 heterocycles. The minimum absolute atomic E-state index is 0.829. The Morgan fingerprint density at radius 2 is 1.56 bits per heavy atom. The fourth-order valence-electron chi connectivity index (χ4n) is 1.55. The van der Waals surface area contributed by atoms with Crippen LogP contribution in [0.5, 0.6) is 0 Å². The smallest absolute Gasteiger partial charge is 0.00676 e. The van der Waals surface area contributed by atoms with E-state index in [1.54, 1.807) is 0 Å². The van der Waals surface area contributed by atoms with Crippen molar-refractivity contribution in [2.75, 3.05) is 0 Å². The van der Waals surface area contributed by atoms with E-state index in [1.165, 1.54) is 25.7 Å². The molecule has 1 heteroatoms. The van der Waals surface area contributed by atoms with Crippen LogP contribution in [0.15, 0.2) is 0 Å². The van der Waals surface area contributed by atoms with Crippen LogP contribution in [-0.2, 0) is 0 Å². The van der Waals surface area contributed by atoms with Gasteiger partial charge in [-0.3, -0.25) is 0 Å². The number of hydrogen-bond donors (Lipinski definition) is 1. The third kappa shape index (κ3) is 1.68. The van der Waals surface area contributed by atoms with Crippen molar-refractivity contribution in [2.45, 2.75) is 51.6 Å². The summed E-state index contributed by atoms with van der Waals surface area (Å²) in [5, 5.41) is 3.59. The first-order valence-corrected chi connectivity index (χ1v) is 4.12. The largest absolute Gasteiger partial charge is 0.311 e. The first-order chi connectivity index (χ1) is 4.36. The van der Waals surface area contributed by atoms with E-state index >= 15 is 0 Å². The zero-order valence-electron chi connectivity index (χ0n) is 6.48. The molecule has 2 atom stereocenters. The fourth-order valence-corrected chi connectivity index (χ4v) is 1.55. The molecule has 0 aromatic heterocycles. The molecule has 0 aromatic rings. The molecule has 1 saturated heterocycles. The van der Waals surface area contributed by atoms with Gasteiger partial charge in [0.15, 0.2) is 0 Å². The summed E-state index contributed by atoms with van der Waals surface area (Å²) in [4.78, 5) is 0. The first-order valence-electron chi connectivity index (χ1n) is 4.12. The van der Waals surface area contributed by atoms with Crippen LogP contribution in [0.25, 0.3) is 0 Å². The molecule has 0 radical (unpaired) electrons. The molecule has 1 aliphatic rings. The van der Waals surface area contributed by atoms with Crippen LogP contribution in [0, 0.1) is 0 Å². The molecule has 0 amide bonds. The number of nitrogens with one attached hydrogen (secondary N) is 1. The van der Waals surface area contributed by atoms with E-state index in [0.29, 0.717) is 0 Å². The average molecular weight is 127 g/mol. The van der Waals surface area contributed by atoms with Crippen molar-refractivity contribution in [1.82, 2.24) is 5.32 Å². The van der Waals surface area contributed by atoms with Crippen molar-refractivity contribution in [2.24, 2.45) is 0 Å². The minimum atomic E-state index is 0.829. The Labute approximate surface area is 57.8 Å². The van der Waals surface area contributed by atoms with Gasteiger partial charge in [-0.2, -0.15) is 0 Å². The molecule has 9 heavy (non-hydrogen) atoms. The van der Waals surface area contributed by atoms with Crippen LogP contribution in [0.2, 0.25) is 0 Å². The topological polar surface area (TPSA) is 12.0 Å².